The normalized spacial score (nSPS) is 18.4. The molecule has 1 unspecified atom stereocenters. The Bertz CT molecular complexity index is 576. The molecule has 1 atom stereocenters. The molecule has 2 aromatic heterocycles. The molecule has 3 heterocycles. The summed E-state index contributed by atoms with van der Waals surface area (Å²) < 4.78 is 12.9. The molecule has 2 aromatic rings. The second kappa shape index (κ2) is 6.09. The van der Waals surface area contributed by atoms with Crippen molar-refractivity contribution < 1.29 is 4.39 Å². The molecule has 21 heavy (non-hydrogen) atoms. The minimum atomic E-state index is -0.409. The van der Waals surface area contributed by atoms with E-state index in [1.54, 1.807) is 12.4 Å². The summed E-state index contributed by atoms with van der Waals surface area (Å²) in [7, 11) is 2.07. The van der Waals surface area contributed by atoms with Crippen LogP contribution in [0, 0.1) is 5.82 Å². The van der Waals surface area contributed by atoms with Crippen molar-refractivity contribution in [2.24, 2.45) is 0 Å². The van der Waals surface area contributed by atoms with Crippen molar-refractivity contribution in [3.63, 3.8) is 0 Å². The van der Waals surface area contributed by atoms with Crippen LogP contribution in [0.5, 0.6) is 0 Å². The maximum absolute atomic E-state index is 12.9. The highest BCUT2D eigenvalue weighted by Gasteiger charge is 2.27. The Morgan fingerprint density at radius 1 is 1.24 bits per heavy atom. The van der Waals surface area contributed by atoms with Gasteiger partial charge in [0.25, 0.3) is 0 Å². The molecule has 1 aliphatic rings. The predicted octanol–water partition coefficient (Wildman–Crippen LogP) is 1.12. The molecule has 1 aliphatic heterocycles. The van der Waals surface area contributed by atoms with Gasteiger partial charge in [0.1, 0.15) is 5.82 Å². The van der Waals surface area contributed by atoms with Gasteiger partial charge in [-0.2, -0.15) is 0 Å². The number of likely N-dealkylation sites (N-methyl/N-ethyl adjacent to an activating group) is 1. The van der Waals surface area contributed by atoms with Crippen LogP contribution in [0.2, 0.25) is 0 Å². The lowest BCUT2D eigenvalue weighted by Crippen LogP contribution is -2.35. The molecular formula is C14H17FN6. The fourth-order valence-corrected chi connectivity index (χ4v) is 2.52. The molecule has 0 amide bonds. The SMILES string of the molecule is CN(Cc1ncccn1)C1CCN(c2ncc(F)cn2)C1. The fraction of sp³-hybridized carbons (Fsp3) is 0.429. The average molecular weight is 288 g/mol. The van der Waals surface area contributed by atoms with Crippen LogP contribution in [0.4, 0.5) is 10.3 Å². The highest BCUT2D eigenvalue weighted by Crippen LogP contribution is 2.19. The summed E-state index contributed by atoms with van der Waals surface area (Å²) in [6, 6.07) is 2.20. The van der Waals surface area contributed by atoms with Crippen molar-refractivity contribution >= 4 is 5.95 Å². The highest BCUT2D eigenvalue weighted by atomic mass is 19.1. The minimum absolute atomic E-state index is 0.391. The Morgan fingerprint density at radius 2 is 1.95 bits per heavy atom. The number of rotatable bonds is 4. The Kier molecular flexibility index (Phi) is 4.01. The first-order chi connectivity index (χ1) is 10.2. The van der Waals surface area contributed by atoms with E-state index >= 15 is 0 Å². The third kappa shape index (κ3) is 3.30. The van der Waals surface area contributed by atoms with E-state index in [-0.39, 0.29) is 0 Å². The molecule has 0 saturated carbocycles. The van der Waals surface area contributed by atoms with Crippen molar-refractivity contribution in [2.45, 2.75) is 19.0 Å². The van der Waals surface area contributed by atoms with Crippen molar-refractivity contribution in [3.8, 4) is 0 Å². The molecule has 0 aromatic carbocycles. The van der Waals surface area contributed by atoms with Gasteiger partial charge in [-0.05, 0) is 19.5 Å². The van der Waals surface area contributed by atoms with Crippen LogP contribution in [0.25, 0.3) is 0 Å². The Morgan fingerprint density at radius 3 is 2.67 bits per heavy atom. The molecule has 0 bridgehead atoms. The van der Waals surface area contributed by atoms with Crippen LogP contribution in [0.1, 0.15) is 12.2 Å². The van der Waals surface area contributed by atoms with Crippen molar-refractivity contribution in [3.05, 3.63) is 42.5 Å². The lowest BCUT2D eigenvalue weighted by Gasteiger charge is -2.23. The zero-order chi connectivity index (χ0) is 14.7. The van der Waals surface area contributed by atoms with Gasteiger partial charge in [-0.15, -0.1) is 0 Å². The molecule has 1 saturated heterocycles. The van der Waals surface area contributed by atoms with Gasteiger partial charge < -0.3 is 4.90 Å². The molecule has 1 fully saturated rings. The smallest absolute Gasteiger partial charge is 0.225 e. The van der Waals surface area contributed by atoms with Crippen LogP contribution in [0.15, 0.2) is 30.9 Å². The van der Waals surface area contributed by atoms with E-state index < -0.39 is 5.82 Å². The zero-order valence-electron chi connectivity index (χ0n) is 11.9. The van der Waals surface area contributed by atoms with Gasteiger partial charge in [-0.1, -0.05) is 0 Å². The predicted molar refractivity (Wildman–Crippen MR) is 76.1 cm³/mol. The molecule has 3 rings (SSSR count). The molecule has 0 aliphatic carbocycles. The van der Waals surface area contributed by atoms with Crippen LogP contribution >= 0.6 is 0 Å². The first-order valence-electron chi connectivity index (χ1n) is 6.91. The second-order valence-electron chi connectivity index (χ2n) is 5.17. The molecule has 0 radical (unpaired) electrons. The summed E-state index contributed by atoms with van der Waals surface area (Å²) in [6.07, 6.45) is 6.94. The second-order valence-corrected chi connectivity index (χ2v) is 5.17. The number of anilines is 1. The summed E-state index contributed by atoms with van der Waals surface area (Å²) in [5.74, 6) is 0.993. The first kappa shape index (κ1) is 13.8. The van der Waals surface area contributed by atoms with Gasteiger partial charge in [-0.25, -0.2) is 24.3 Å². The largest absolute Gasteiger partial charge is 0.339 e. The average Bonchev–Trinajstić information content (AvgIpc) is 2.99. The van der Waals surface area contributed by atoms with Crippen LogP contribution in [-0.2, 0) is 6.54 Å². The van der Waals surface area contributed by atoms with Gasteiger partial charge in [0.15, 0.2) is 5.82 Å². The van der Waals surface area contributed by atoms with Gasteiger partial charge in [0.2, 0.25) is 5.95 Å². The Balaban J connectivity index is 1.60. The fourth-order valence-electron chi connectivity index (χ4n) is 2.52. The molecule has 0 N–H and O–H groups in total. The number of hydrogen-bond donors (Lipinski definition) is 0. The van der Waals surface area contributed by atoms with Crippen LogP contribution in [0.3, 0.4) is 0 Å². The zero-order valence-corrected chi connectivity index (χ0v) is 11.9. The molecule has 0 spiro atoms. The maximum Gasteiger partial charge on any atom is 0.225 e. The summed E-state index contributed by atoms with van der Waals surface area (Å²) in [4.78, 5) is 20.9. The molecule has 7 heteroatoms. The van der Waals surface area contributed by atoms with Crippen LogP contribution in [-0.4, -0.2) is 51.0 Å². The van der Waals surface area contributed by atoms with Crippen molar-refractivity contribution in [2.75, 3.05) is 25.0 Å². The van der Waals surface area contributed by atoms with E-state index in [1.807, 2.05) is 6.07 Å². The van der Waals surface area contributed by atoms with Gasteiger partial charge in [0.05, 0.1) is 18.9 Å². The summed E-state index contributed by atoms with van der Waals surface area (Å²) >= 11 is 0. The molecule has 110 valence electrons. The van der Waals surface area contributed by atoms with Gasteiger partial charge >= 0.3 is 0 Å². The Labute approximate surface area is 122 Å². The summed E-state index contributed by atoms with van der Waals surface area (Å²) in [6.45, 7) is 2.41. The Hall–Kier alpha value is -2.15. The van der Waals surface area contributed by atoms with Crippen molar-refractivity contribution in [1.29, 1.82) is 0 Å². The van der Waals surface area contributed by atoms with E-state index in [9.17, 15) is 4.39 Å². The topological polar surface area (TPSA) is 58.0 Å². The highest BCUT2D eigenvalue weighted by molar-refractivity contribution is 5.31. The van der Waals surface area contributed by atoms with E-state index in [4.69, 9.17) is 0 Å². The lowest BCUT2D eigenvalue weighted by molar-refractivity contribution is 0.244. The third-order valence-electron chi connectivity index (χ3n) is 3.69. The summed E-state index contributed by atoms with van der Waals surface area (Å²) in [5, 5.41) is 0. The lowest BCUT2D eigenvalue weighted by atomic mass is 10.2. The van der Waals surface area contributed by atoms with E-state index in [2.05, 4.69) is 36.8 Å². The minimum Gasteiger partial charge on any atom is -0.339 e. The number of nitrogens with zero attached hydrogens (tertiary/aromatic N) is 6. The van der Waals surface area contributed by atoms with Gasteiger partial charge in [0, 0.05) is 31.5 Å². The maximum atomic E-state index is 12.9. The molecular weight excluding hydrogens is 271 g/mol. The van der Waals surface area contributed by atoms with E-state index in [0.29, 0.717) is 18.5 Å². The van der Waals surface area contributed by atoms with E-state index in [0.717, 1.165) is 25.3 Å². The summed E-state index contributed by atoms with van der Waals surface area (Å²) in [5.41, 5.74) is 0. The van der Waals surface area contributed by atoms with Crippen LogP contribution < -0.4 is 4.90 Å². The van der Waals surface area contributed by atoms with Gasteiger partial charge in [-0.3, -0.25) is 4.90 Å². The van der Waals surface area contributed by atoms with E-state index in [1.165, 1.54) is 12.4 Å². The quantitative estimate of drug-likeness (QED) is 0.840. The third-order valence-corrected chi connectivity index (χ3v) is 3.69. The number of halogens is 1. The van der Waals surface area contributed by atoms with Crippen molar-refractivity contribution in [1.82, 2.24) is 24.8 Å². The first-order valence-corrected chi connectivity index (χ1v) is 6.91. The number of hydrogen-bond acceptors (Lipinski definition) is 6. The molecule has 6 nitrogen and oxygen atoms in total. The number of aromatic nitrogens is 4. The monoisotopic (exact) mass is 288 g/mol. The standard InChI is InChI=1S/C14H17FN6/c1-20(10-13-16-4-2-5-17-13)12-3-6-21(9-12)14-18-7-11(15)8-19-14/h2,4-5,7-8,12H,3,6,9-10H2,1H3.